The third-order valence-electron chi connectivity index (χ3n) is 2.26. The van der Waals surface area contributed by atoms with Crippen molar-refractivity contribution < 1.29 is 0 Å². The topological polar surface area (TPSA) is 68.5 Å². The Labute approximate surface area is 93.7 Å². The van der Waals surface area contributed by atoms with Crippen molar-refractivity contribution in [3.8, 4) is 0 Å². The van der Waals surface area contributed by atoms with E-state index in [0.29, 0.717) is 6.54 Å². The Hall–Kier alpha value is -1.98. The molecule has 6 nitrogen and oxygen atoms in total. The maximum atomic E-state index is 4.02. The molecule has 6 heteroatoms. The Bertz CT molecular complexity index is 447. The molecule has 0 aliphatic rings. The Morgan fingerprint density at radius 1 is 1.25 bits per heavy atom. The average Bonchev–Trinajstić information content (AvgIpc) is 2.76. The Balaban J connectivity index is 1.99. The van der Waals surface area contributed by atoms with Gasteiger partial charge in [0.2, 0.25) is 0 Å². The van der Waals surface area contributed by atoms with Crippen LogP contribution in [-0.2, 0) is 13.1 Å². The maximum absolute atomic E-state index is 4.02. The minimum absolute atomic E-state index is 0.603. The molecule has 84 valence electrons. The summed E-state index contributed by atoms with van der Waals surface area (Å²) >= 11 is 0. The van der Waals surface area contributed by atoms with E-state index < -0.39 is 0 Å². The normalized spacial score (nSPS) is 10.4. The van der Waals surface area contributed by atoms with Gasteiger partial charge in [-0.15, -0.1) is 15.3 Å². The van der Waals surface area contributed by atoms with Gasteiger partial charge in [0.15, 0.2) is 5.82 Å². The van der Waals surface area contributed by atoms with Gasteiger partial charge in [0.05, 0.1) is 12.2 Å². The summed E-state index contributed by atoms with van der Waals surface area (Å²) in [7, 11) is 0. The van der Waals surface area contributed by atoms with E-state index in [-0.39, 0.29) is 0 Å². The maximum Gasteiger partial charge on any atom is 0.152 e. The summed E-state index contributed by atoms with van der Waals surface area (Å²) in [6.45, 7) is 5.43. The average molecular weight is 218 g/mol. The molecule has 0 spiro atoms. The van der Waals surface area contributed by atoms with Gasteiger partial charge in [0, 0.05) is 6.54 Å². The summed E-state index contributed by atoms with van der Waals surface area (Å²) in [6.07, 6.45) is 1.72. The van der Waals surface area contributed by atoms with Crippen molar-refractivity contribution in [2.24, 2.45) is 0 Å². The quantitative estimate of drug-likeness (QED) is 0.829. The number of anilines is 1. The van der Waals surface area contributed by atoms with Crippen molar-refractivity contribution in [1.82, 2.24) is 25.0 Å². The summed E-state index contributed by atoms with van der Waals surface area (Å²) in [6, 6.07) is 3.81. The highest BCUT2D eigenvalue weighted by molar-refractivity contribution is 5.32. The van der Waals surface area contributed by atoms with Gasteiger partial charge in [-0.1, -0.05) is 0 Å². The van der Waals surface area contributed by atoms with Crippen LogP contribution in [0.25, 0.3) is 0 Å². The third-order valence-corrected chi connectivity index (χ3v) is 2.26. The molecule has 0 amide bonds. The number of aryl methyl sites for hydroxylation is 2. The van der Waals surface area contributed by atoms with Crippen LogP contribution in [0, 0.1) is 6.92 Å². The third kappa shape index (κ3) is 2.33. The van der Waals surface area contributed by atoms with Crippen molar-refractivity contribution in [3.05, 3.63) is 30.0 Å². The summed E-state index contributed by atoms with van der Waals surface area (Å²) in [5, 5.41) is 19.0. The second-order valence-electron chi connectivity index (χ2n) is 3.45. The van der Waals surface area contributed by atoms with Gasteiger partial charge in [-0.05, 0) is 26.0 Å². The zero-order valence-electron chi connectivity index (χ0n) is 9.38. The molecule has 0 radical (unpaired) electrons. The first-order valence-electron chi connectivity index (χ1n) is 5.20. The highest BCUT2D eigenvalue weighted by Crippen LogP contribution is 2.03. The molecule has 16 heavy (non-hydrogen) atoms. The van der Waals surface area contributed by atoms with Gasteiger partial charge in [-0.2, -0.15) is 5.10 Å². The van der Waals surface area contributed by atoms with Crippen molar-refractivity contribution in [3.63, 3.8) is 0 Å². The molecule has 2 rings (SSSR count). The molecule has 0 unspecified atom stereocenters. The molecule has 2 aromatic heterocycles. The molecule has 0 saturated heterocycles. The smallest absolute Gasteiger partial charge is 0.152 e. The number of hydrogen-bond acceptors (Lipinski definition) is 5. The molecule has 0 atom stereocenters. The predicted molar refractivity (Wildman–Crippen MR) is 59.8 cm³/mol. The molecule has 2 aromatic rings. The summed E-state index contributed by atoms with van der Waals surface area (Å²) in [5.41, 5.74) is 0.905. The van der Waals surface area contributed by atoms with E-state index in [4.69, 9.17) is 0 Å². The Kier molecular flexibility index (Phi) is 3.09. The van der Waals surface area contributed by atoms with Crippen LogP contribution in [0.1, 0.15) is 18.4 Å². The van der Waals surface area contributed by atoms with Gasteiger partial charge in [0.25, 0.3) is 0 Å². The minimum atomic E-state index is 0.603. The number of hydrogen-bond donors (Lipinski definition) is 1. The molecule has 0 fully saturated rings. The Morgan fingerprint density at radius 2 is 2.12 bits per heavy atom. The molecule has 0 aliphatic carbocycles. The van der Waals surface area contributed by atoms with Gasteiger partial charge >= 0.3 is 0 Å². The highest BCUT2D eigenvalue weighted by Gasteiger charge is 2.02. The van der Waals surface area contributed by atoms with Crippen LogP contribution in [0.5, 0.6) is 0 Å². The molecular weight excluding hydrogens is 204 g/mol. The van der Waals surface area contributed by atoms with E-state index in [2.05, 4.69) is 32.6 Å². The highest BCUT2D eigenvalue weighted by atomic mass is 15.3. The number of rotatable bonds is 4. The second-order valence-corrected chi connectivity index (χ2v) is 3.45. The van der Waals surface area contributed by atoms with Crippen LogP contribution in [0.3, 0.4) is 0 Å². The lowest BCUT2D eigenvalue weighted by Gasteiger charge is -2.05. The van der Waals surface area contributed by atoms with Crippen molar-refractivity contribution in [2.75, 3.05) is 5.32 Å². The fourth-order valence-electron chi connectivity index (χ4n) is 1.34. The lowest BCUT2D eigenvalue weighted by atomic mass is 10.4. The van der Waals surface area contributed by atoms with Gasteiger partial charge in [-0.25, -0.2) is 0 Å². The van der Waals surface area contributed by atoms with Crippen molar-refractivity contribution in [1.29, 1.82) is 0 Å². The number of nitrogens with one attached hydrogen (secondary N) is 1. The lowest BCUT2D eigenvalue weighted by molar-refractivity contribution is 0.706. The largest absolute Gasteiger partial charge is 0.361 e. The summed E-state index contributed by atoms with van der Waals surface area (Å²) in [4.78, 5) is 0. The van der Waals surface area contributed by atoms with Gasteiger partial charge < -0.3 is 9.88 Å². The van der Waals surface area contributed by atoms with Gasteiger partial charge in [-0.3, -0.25) is 0 Å². The molecule has 0 aliphatic heterocycles. The fourth-order valence-corrected chi connectivity index (χ4v) is 1.34. The van der Waals surface area contributed by atoms with E-state index in [9.17, 15) is 0 Å². The van der Waals surface area contributed by atoms with E-state index in [1.807, 2.05) is 23.6 Å². The zero-order valence-corrected chi connectivity index (χ0v) is 9.38. The molecule has 0 bridgehead atoms. The molecular formula is C10H14N6. The van der Waals surface area contributed by atoms with Crippen LogP contribution >= 0.6 is 0 Å². The SMILES string of the molecule is CCn1cnnc1CNc1ccc(C)nn1. The van der Waals surface area contributed by atoms with Crippen LogP contribution in [0.15, 0.2) is 18.5 Å². The summed E-state index contributed by atoms with van der Waals surface area (Å²) < 4.78 is 1.98. The first-order chi connectivity index (χ1) is 7.79. The summed E-state index contributed by atoms with van der Waals surface area (Å²) in [5.74, 6) is 1.64. The zero-order chi connectivity index (χ0) is 11.4. The molecule has 0 saturated carbocycles. The van der Waals surface area contributed by atoms with Crippen molar-refractivity contribution in [2.45, 2.75) is 26.9 Å². The van der Waals surface area contributed by atoms with Crippen molar-refractivity contribution >= 4 is 5.82 Å². The predicted octanol–water partition coefficient (Wildman–Crippen LogP) is 1.01. The van der Waals surface area contributed by atoms with E-state index >= 15 is 0 Å². The lowest BCUT2D eigenvalue weighted by Crippen LogP contribution is -2.08. The minimum Gasteiger partial charge on any atom is -0.361 e. The van der Waals surface area contributed by atoms with Crippen LogP contribution in [0.2, 0.25) is 0 Å². The van der Waals surface area contributed by atoms with Crippen LogP contribution in [-0.4, -0.2) is 25.0 Å². The van der Waals surface area contributed by atoms with E-state index in [1.165, 1.54) is 0 Å². The van der Waals surface area contributed by atoms with Crippen LogP contribution in [0.4, 0.5) is 5.82 Å². The van der Waals surface area contributed by atoms with Crippen LogP contribution < -0.4 is 5.32 Å². The molecule has 1 N–H and O–H groups in total. The monoisotopic (exact) mass is 218 g/mol. The number of aromatic nitrogens is 5. The Morgan fingerprint density at radius 3 is 2.81 bits per heavy atom. The number of nitrogens with zero attached hydrogens (tertiary/aromatic N) is 5. The van der Waals surface area contributed by atoms with E-state index in [1.54, 1.807) is 6.33 Å². The molecule has 0 aromatic carbocycles. The second kappa shape index (κ2) is 4.69. The first kappa shape index (κ1) is 10.5. The first-order valence-corrected chi connectivity index (χ1v) is 5.20. The molecule has 2 heterocycles. The van der Waals surface area contributed by atoms with Gasteiger partial charge in [0.1, 0.15) is 12.1 Å². The fraction of sp³-hybridized carbons (Fsp3) is 0.400. The standard InChI is InChI=1S/C10H14N6/c1-3-16-7-12-15-10(16)6-11-9-5-4-8(2)13-14-9/h4-5,7H,3,6H2,1-2H3,(H,11,14). The van der Waals surface area contributed by atoms with E-state index in [0.717, 1.165) is 23.9 Å².